The Kier molecular flexibility index (Phi) is 4.59. The highest BCUT2D eigenvalue weighted by Crippen LogP contribution is 2.23. The molecule has 1 N–H and O–H groups in total. The molecule has 0 amide bonds. The van der Waals surface area contributed by atoms with Gasteiger partial charge in [-0.25, -0.2) is 13.4 Å². The lowest BCUT2D eigenvalue weighted by atomic mass is 10.3. The van der Waals surface area contributed by atoms with E-state index in [0.717, 1.165) is 4.31 Å². The Hall–Kier alpha value is -1.63. The number of aliphatic hydroxyl groups is 1. The fourth-order valence-corrected chi connectivity index (χ4v) is 3.23. The second-order valence-electron chi connectivity index (χ2n) is 3.95. The summed E-state index contributed by atoms with van der Waals surface area (Å²) in [6, 6.07) is 11.4. The molecule has 0 unspecified atom stereocenters. The molecule has 0 bridgehead atoms. The molecule has 0 atom stereocenters. The first-order valence-corrected chi connectivity index (χ1v) is 7.67. The molecule has 1 aromatic heterocycles. The second kappa shape index (κ2) is 6.21. The molecule has 106 valence electrons. The number of hydrogen-bond donors (Lipinski definition) is 1. The second-order valence-corrected chi connectivity index (χ2v) is 6.20. The molecule has 2 aromatic rings. The van der Waals surface area contributed by atoms with E-state index in [0.29, 0.717) is 5.69 Å². The molecule has 0 aliphatic rings. The number of sulfonamides is 1. The fraction of sp³-hybridized carbons (Fsp3) is 0.154. The van der Waals surface area contributed by atoms with Crippen LogP contribution in [0, 0.1) is 0 Å². The molecule has 0 aliphatic carbocycles. The van der Waals surface area contributed by atoms with Crippen molar-refractivity contribution in [2.24, 2.45) is 0 Å². The van der Waals surface area contributed by atoms with E-state index in [1.807, 2.05) is 0 Å². The number of pyridine rings is 1. The molecular formula is C13H13ClN2O3S. The highest BCUT2D eigenvalue weighted by Gasteiger charge is 2.24. The van der Waals surface area contributed by atoms with Crippen LogP contribution in [0.1, 0.15) is 0 Å². The van der Waals surface area contributed by atoms with Gasteiger partial charge in [0.05, 0.1) is 18.8 Å². The highest BCUT2D eigenvalue weighted by molar-refractivity contribution is 7.92. The number of rotatable bonds is 5. The lowest BCUT2D eigenvalue weighted by molar-refractivity contribution is 0.306. The van der Waals surface area contributed by atoms with Crippen LogP contribution in [0.4, 0.5) is 5.69 Å². The molecule has 20 heavy (non-hydrogen) atoms. The molecule has 7 heteroatoms. The van der Waals surface area contributed by atoms with Crippen molar-refractivity contribution >= 4 is 27.3 Å². The lowest BCUT2D eigenvalue weighted by Crippen LogP contribution is -2.33. The average molecular weight is 313 g/mol. The van der Waals surface area contributed by atoms with Gasteiger partial charge in [-0.2, -0.15) is 0 Å². The van der Waals surface area contributed by atoms with Crippen molar-refractivity contribution in [3.05, 3.63) is 53.8 Å². The molecule has 0 aliphatic heterocycles. The average Bonchev–Trinajstić information content (AvgIpc) is 2.46. The van der Waals surface area contributed by atoms with Crippen LogP contribution in [0.2, 0.25) is 5.15 Å². The first-order chi connectivity index (χ1) is 9.55. The zero-order valence-corrected chi connectivity index (χ0v) is 12.0. The maximum atomic E-state index is 12.6. The summed E-state index contributed by atoms with van der Waals surface area (Å²) >= 11 is 5.66. The summed E-state index contributed by atoms with van der Waals surface area (Å²) in [5.41, 5.74) is 0.483. The van der Waals surface area contributed by atoms with E-state index in [9.17, 15) is 8.42 Å². The summed E-state index contributed by atoms with van der Waals surface area (Å²) in [6.07, 6.45) is 1.20. The van der Waals surface area contributed by atoms with Gasteiger partial charge in [0.15, 0.2) is 0 Å². The summed E-state index contributed by atoms with van der Waals surface area (Å²) in [4.78, 5) is 3.81. The van der Waals surface area contributed by atoms with Crippen molar-refractivity contribution < 1.29 is 13.5 Å². The SMILES string of the molecule is O=S(=O)(c1ccc(Cl)nc1)N(CCO)c1ccccc1. The quantitative estimate of drug-likeness (QED) is 0.856. The van der Waals surface area contributed by atoms with Gasteiger partial charge < -0.3 is 5.11 Å². The van der Waals surface area contributed by atoms with Gasteiger partial charge in [-0.05, 0) is 24.3 Å². The molecule has 5 nitrogen and oxygen atoms in total. The Morgan fingerprint density at radius 2 is 1.85 bits per heavy atom. The predicted molar refractivity (Wildman–Crippen MR) is 77.3 cm³/mol. The number of aromatic nitrogens is 1. The summed E-state index contributed by atoms with van der Waals surface area (Å²) in [7, 11) is -3.78. The van der Waals surface area contributed by atoms with Crippen LogP contribution < -0.4 is 4.31 Å². The van der Waals surface area contributed by atoms with Crippen LogP contribution in [0.15, 0.2) is 53.6 Å². The lowest BCUT2D eigenvalue weighted by Gasteiger charge is -2.23. The number of hydrogen-bond acceptors (Lipinski definition) is 4. The smallest absolute Gasteiger partial charge is 0.265 e. The third-order valence-corrected chi connectivity index (χ3v) is 4.67. The number of aliphatic hydroxyl groups excluding tert-OH is 1. The van der Waals surface area contributed by atoms with E-state index in [4.69, 9.17) is 16.7 Å². The molecule has 0 saturated carbocycles. The van der Waals surface area contributed by atoms with Gasteiger partial charge in [0.2, 0.25) is 0 Å². The number of halogens is 1. The molecule has 2 rings (SSSR count). The molecule has 0 saturated heterocycles. The van der Waals surface area contributed by atoms with Gasteiger partial charge in [0, 0.05) is 6.20 Å². The molecule has 1 heterocycles. The molecule has 0 radical (unpaired) electrons. The monoisotopic (exact) mass is 312 g/mol. The number of anilines is 1. The normalized spacial score (nSPS) is 11.3. The zero-order chi connectivity index (χ0) is 14.6. The maximum Gasteiger partial charge on any atom is 0.265 e. The Bertz CT molecular complexity index is 660. The van der Waals surface area contributed by atoms with Crippen molar-refractivity contribution in [1.82, 2.24) is 4.98 Å². The number of para-hydroxylation sites is 1. The number of benzene rings is 1. The topological polar surface area (TPSA) is 70.5 Å². The van der Waals surface area contributed by atoms with Crippen LogP contribution in [0.3, 0.4) is 0 Å². The first kappa shape index (κ1) is 14.8. The zero-order valence-electron chi connectivity index (χ0n) is 10.5. The van der Waals surface area contributed by atoms with E-state index in [1.54, 1.807) is 30.3 Å². The van der Waals surface area contributed by atoms with Crippen LogP contribution in [0.5, 0.6) is 0 Å². The summed E-state index contributed by atoms with van der Waals surface area (Å²) < 4.78 is 26.3. The van der Waals surface area contributed by atoms with E-state index in [2.05, 4.69) is 4.98 Å². The van der Waals surface area contributed by atoms with Gasteiger partial charge in [0.25, 0.3) is 10.0 Å². The van der Waals surface area contributed by atoms with Crippen LogP contribution in [0.25, 0.3) is 0 Å². The van der Waals surface area contributed by atoms with Gasteiger partial charge in [-0.3, -0.25) is 4.31 Å². The van der Waals surface area contributed by atoms with Gasteiger partial charge >= 0.3 is 0 Å². The van der Waals surface area contributed by atoms with E-state index in [1.165, 1.54) is 18.3 Å². The predicted octanol–water partition coefficient (Wildman–Crippen LogP) is 1.92. The van der Waals surface area contributed by atoms with E-state index < -0.39 is 10.0 Å². The van der Waals surface area contributed by atoms with Crippen molar-refractivity contribution in [3.63, 3.8) is 0 Å². The van der Waals surface area contributed by atoms with Crippen LogP contribution in [-0.4, -0.2) is 31.7 Å². The van der Waals surface area contributed by atoms with Crippen molar-refractivity contribution in [1.29, 1.82) is 0 Å². The van der Waals surface area contributed by atoms with Gasteiger partial charge in [-0.1, -0.05) is 29.8 Å². The standard InChI is InChI=1S/C13H13ClN2O3S/c14-13-7-6-12(10-15-13)20(18,19)16(8-9-17)11-4-2-1-3-5-11/h1-7,10,17H,8-9H2. The molecule has 1 aromatic carbocycles. The first-order valence-electron chi connectivity index (χ1n) is 5.86. The Balaban J connectivity index is 2.45. The minimum Gasteiger partial charge on any atom is -0.394 e. The van der Waals surface area contributed by atoms with Crippen LogP contribution >= 0.6 is 11.6 Å². The fourth-order valence-electron chi connectivity index (χ4n) is 1.72. The highest BCUT2D eigenvalue weighted by atomic mass is 35.5. The van der Waals surface area contributed by atoms with Gasteiger partial charge in [0.1, 0.15) is 10.0 Å². The van der Waals surface area contributed by atoms with Gasteiger partial charge in [-0.15, -0.1) is 0 Å². The largest absolute Gasteiger partial charge is 0.394 e. The molecular weight excluding hydrogens is 300 g/mol. The Labute approximate surface area is 122 Å². The summed E-state index contributed by atoms with van der Waals surface area (Å²) in [6.45, 7) is -0.315. The summed E-state index contributed by atoms with van der Waals surface area (Å²) in [5.74, 6) is 0. The third kappa shape index (κ3) is 3.09. The minimum atomic E-state index is -3.78. The number of nitrogens with zero attached hydrogens (tertiary/aromatic N) is 2. The third-order valence-electron chi connectivity index (χ3n) is 2.64. The van der Waals surface area contributed by atoms with Crippen molar-refractivity contribution in [3.8, 4) is 0 Å². The van der Waals surface area contributed by atoms with Crippen LogP contribution in [-0.2, 0) is 10.0 Å². The van der Waals surface area contributed by atoms with E-state index >= 15 is 0 Å². The van der Waals surface area contributed by atoms with Crippen molar-refractivity contribution in [2.45, 2.75) is 4.90 Å². The molecule has 0 spiro atoms. The van der Waals surface area contributed by atoms with E-state index in [-0.39, 0.29) is 23.2 Å². The minimum absolute atomic E-state index is 0.0270. The molecule has 0 fully saturated rings. The summed E-state index contributed by atoms with van der Waals surface area (Å²) in [5, 5.41) is 9.33. The Morgan fingerprint density at radius 3 is 2.40 bits per heavy atom. The Morgan fingerprint density at radius 1 is 1.15 bits per heavy atom. The van der Waals surface area contributed by atoms with Crippen molar-refractivity contribution in [2.75, 3.05) is 17.5 Å². The maximum absolute atomic E-state index is 12.6.